The Morgan fingerprint density at radius 3 is 2.62 bits per heavy atom. The molecule has 3 heterocycles. The first-order valence-electron chi connectivity index (χ1n) is 11.6. The van der Waals surface area contributed by atoms with E-state index in [0.717, 1.165) is 35.2 Å². The van der Waals surface area contributed by atoms with Crippen molar-refractivity contribution in [1.82, 2.24) is 4.90 Å². The summed E-state index contributed by atoms with van der Waals surface area (Å²) in [5.74, 6) is -0.675. The number of hydrogen-bond donors (Lipinski definition) is 1. The highest BCUT2D eigenvalue weighted by atomic mass is 79.9. The maximum Gasteiger partial charge on any atom is 0.344 e. The van der Waals surface area contributed by atoms with E-state index in [-0.39, 0.29) is 6.04 Å². The number of methoxy groups -OCH3 is 2. The minimum absolute atomic E-state index is 0.0849. The van der Waals surface area contributed by atoms with Crippen molar-refractivity contribution in [1.29, 1.82) is 0 Å². The Labute approximate surface area is 207 Å². The predicted molar refractivity (Wildman–Crippen MR) is 129 cm³/mol. The minimum atomic E-state index is -2.11. The van der Waals surface area contributed by atoms with Crippen molar-refractivity contribution in [2.24, 2.45) is 5.41 Å². The number of ether oxygens (including phenoxy) is 3. The predicted octanol–water partition coefficient (Wildman–Crippen LogP) is 2.40. The van der Waals surface area contributed by atoms with Crippen LogP contribution in [0.2, 0.25) is 0 Å². The number of hydrogen-bond acceptors (Lipinski definition) is 8. The summed E-state index contributed by atoms with van der Waals surface area (Å²) in [7, 11) is 4.75. The average molecular weight is 535 g/mol. The molecule has 0 bridgehead atoms. The molecule has 8 nitrogen and oxygen atoms in total. The fraction of sp³-hybridized carbons (Fsp3) is 0.600. The second-order valence-corrected chi connectivity index (χ2v) is 10.6. The van der Waals surface area contributed by atoms with Crippen molar-refractivity contribution < 1.29 is 28.9 Å². The molecule has 2 fully saturated rings. The molecule has 1 aromatic rings. The van der Waals surface area contributed by atoms with E-state index in [1.165, 1.54) is 14.0 Å². The summed E-state index contributed by atoms with van der Waals surface area (Å²) in [6.45, 7) is 4.91. The molecule has 0 amide bonds. The molecule has 34 heavy (non-hydrogen) atoms. The molecule has 9 heteroatoms. The number of esters is 2. The summed E-state index contributed by atoms with van der Waals surface area (Å²) >= 11 is 3.72. The number of benzene rings is 1. The third kappa shape index (κ3) is 2.55. The number of carbonyl (C=O) groups is 2. The number of carbonyl (C=O) groups excluding carboxylic acids is 2. The van der Waals surface area contributed by atoms with E-state index in [1.54, 1.807) is 7.11 Å². The Balaban J connectivity index is 1.89. The molecule has 1 aromatic carbocycles. The van der Waals surface area contributed by atoms with Gasteiger partial charge in [0.25, 0.3) is 0 Å². The number of likely N-dealkylation sites (N-methyl/N-ethyl adjacent to an activating group) is 1. The van der Waals surface area contributed by atoms with Gasteiger partial charge in [-0.2, -0.15) is 0 Å². The van der Waals surface area contributed by atoms with Gasteiger partial charge >= 0.3 is 11.9 Å². The summed E-state index contributed by atoms with van der Waals surface area (Å²) < 4.78 is 17.5. The van der Waals surface area contributed by atoms with Crippen LogP contribution in [0.15, 0.2) is 28.8 Å². The molecule has 1 saturated carbocycles. The van der Waals surface area contributed by atoms with Gasteiger partial charge in [0.05, 0.1) is 30.4 Å². The van der Waals surface area contributed by atoms with Crippen molar-refractivity contribution >= 4 is 33.6 Å². The van der Waals surface area contributed by atoms with Crippen molar-refractivity contribution in [3.63, 3.8) is 0 Å². The molecule has 4 aliphatic rings. The summed E-state index contributed by atoms with van der Waals surface area (Å²) in [5, 5.41) is 12.5. The van der Waals surface area contributed by atoms with E-state index in [9.17, 15) is 14.7 Å². The summed E-state index contributed by atoms with van der Waals surface area (Å²) in [6.07, 6.45) is 4.33. The zero-order valence-corrected chi connectivity index (χ0v) is 21.7. The highest BCUT2D eigenvalue weighted by Gasteiger charge is 2.80. The van der Waals surface area contributed by atoms with Gasteiger partial charge in [-0.05, 0) is 46.9 Å². The maximum absolute atomic E-state index is 13.6. The third-order valence-corrected chi connectivity index (χ3v) is 9.45. The number of nitrogens with zero attached hydrogens (tertiary/aromatic N) is 2. The lowest BCUT2D eigenvalue weighted by atomic mass is 9.47. The Morgan fingerprint density at radius 2 is 2.00 bits per heavy atom. The summed E-state index contributed by atoms with van der Waals surface area (Å²) in [4.78, 5) is 30.3. The lowest BCUT2D eigenvalue weighted by molar-refractivity contribution is -0.228. The zero-order chi connectivity index (χ0) is 24.6. The second-order valence-electron chi connectivity index (χ2n) is 9.85. The smallest absolute Gasteiger partial charge is 0.344 e. The SMILES string of the molecule is CC[C@@]12C=CCN3CC[C@@]4(c5ccc(OC)c(Br)c5N(C)[C@@H]4[C@](O)(C(=O)OC)[C@@H]1OC(C)=O)[C@@H]32. The van der Waals surface area contributed by atoms with Gasteiger partial charge in [-0.1, -0.05) is 25.1 Å². The molecular weight excluding hydrogens is 504 g/mol. The molecule has 1 spiro atoms. The molecule has 1 aliphatic carbocycles. The average Bonchev–Trinajstić information content (AvgIpc) is 3.33. The van der Waals surface area contributed by atoms with Crippen LogP contribution >= 0.6 is 15.9 Å². The molecule has 1 saturated heterocycles. The fourth-order valence-electron chi connectivity index (χ4n) is 7.77. The van der Waals surface area contributed by atoms with Crippen LogP contribution in [0, 0.1) is 5.41 Å². The van der Waals surface area contributed by atoms with Gasteiger partial charge in [0, 0.05) is 37.4 Å². The van der Waals surface area contributed by atoms with Crippen LogP contribution < -0.4 is 9.64 Å². The van der Waals surface area contributed by atoms with Crippen LogP contribution in [0.5, 0.6) is 5.75 Å². The van der Waals surface area contributed by atoms with E-state index in [2.05, 4.69) is 39.0 Å². The Hall–Kier alpha value is -2.10. The monoisotopic (exact) mass is 534 g/mol. The van der Waals surface area contributed by atoms with Gasteiger partial charge in [-0.15, -0.1) is 0 Å². The van der Waals surface area contributed by atoms with Gasteiger partial charge in [0.2, 0.25) is 5.60 Å². The first-order chi connectivity index (χ1) is 16.1. The molecule has 0 unspecified atom stereocenters. The Bertz CT molecular complexity index is 1090. The van der Waals surface area contributed by atoms with Crippen LogP contribution in [0.25, 0.3) is 0 Å². The van der Waals surface area contributed by atoms with Gasteiger partial charge in [-0.3, -0.25) is 9.69 Å². The third-order valence-electron chi connectivity index (χ3n) is 8.69. The highest BCUT2D eigenvalue weighted by Crippen LogP contribution is 2.68. The van der Waals surface area contributed by atoms with Crippen molar-refractivity contribution in [2.45, 2.75) is 55.9 Å². The lowest BCUT2D eigenvalue weighted by Gasteiger charge is -2.63. The van der Waals surface area contributed by atoms with Gasteiger partial charge in [-0.25, -0.2) is 4.79 Å². The van der Waals surface area contributed by atoms with Gasteiger partial charge in [0.15, 0.2) is 6.10 Å². The molecule has 184 valence electrons. The van der Waals surface area contributed by atoms with Gasteiger partial charge < -0.3 is 24.2 Å². The van der Waals surface area contributed by atoms with E-state index in [0.29, 0.717) is 12.2 Å². The molecule has 6 atom stereocenters. The first-order valence-corrected chi connectivity index (χ1v) is 12.4. The van der Waals surface area contributed by atoms with Gasteiger partial charge in [0.1, 0.15) is 5.75 Å². The topological polar surface area (TPSA) is 88.5 Å². The Morgan fingerprint density at radius 1 is 1.26 bits per heavy atom. The second kappa shape index (κ2) is 7.70. The van der Waals surface area contributed by atoms with Crippen molar-refractivity contribution in [3.05, 3.63) is 34.3 Å². The Kier molecular flexibility index (Phi) is 5.35. The van der Waals surface area contributed by atoms with Crippen LogP contribution in [0.4, 0.5) is 5.69 Å². The zero-order valence-electron chi connectivity index (χ0n) is 20.1. The maximum atomic E-state index is 13.6. The van der Waals surface area contributed by atoms with Crippen LogP contribution in [0.3, 0.4) is 0 Å². The van der Waals surface area contributed by atoms with Crippen molar-refractivity contribution in [2.75, 3.05) is 39.3 Å². The van der Waals surface area contributed by atoms with Crippen LogP contribution in [0.1, 0.15) is 32.3 Å². The van der Waals surface area contributed by atoms with E-state index in [4.69, 9.17) is 14.2 Å². The number of halogens is 1. The van der Waals surface area contributed by atoms with Crippen molar-refractivity contribution in [3.8, 4) is 5.75 Å². The molecule has 1 N–H and O–H groups in total. The number of aliphatic hydroxyl groups is 1. The molecule has 3 aliphatic heterocycles. The van der Waals surface area contributed by atoms with Crippen LogP contribution in [-0.2, 0) is 24.5 Å². The molecular formula is C25H31BrN2O6. The lowest BCUT2D eigenvalue weighted by Crippen LogP contribution is -2.81. The number of rotatable bonds is 4. The quantitative estimate of drug-likeness (QED) is 0.465. The fourth-order valence-corrected chi connectivity index (χ4v) is 8.55. The van der Waals surface area contributed by atoms with E-state index >= 15 is 0 Å². The van der Waals surface area contributed by atoms with Crippen LogP contribution in [-0.4, -0.2) is 80.1 Å². The highest BCUT2D eigenvalue weighted by molar-refractivity contribution is 9.10. The number of anilines is 1. The summed E-state index contributed by atoms with van der Waals surface area (Å²) in [5.41, 5.74) is -1.56. The minimum Gasteiger partial charge on any atom is -0.495 e. The van der Waals surface area contributed by atoms with E-state index in [1.807, 2.05) is 24.9 Å². The summed E-state index contributed by atoms with van der Waals surface area (Å²) in [6, 6.07) is 3.19. The molecule has 0 aromatic heterocycles. The normalized spacial score (nSPS) is 37.6. The molecule has 5 rings (SSSR count). The molecule has 0 radical (unpaired) electrons. The first kappa shape index (κ1) is 23.6. The number of fused-ring (bicyclic) bond motifs is 1. The van der Waals surface area contributed by atoms with E-state index < -0.39 is 40.5 Å². The largest absolute Gasteiger partial charge is 0.495 e. The standard InChI is InChI=1S/C25H31BrN2O6/c1-6-23-10-7-12-28-13-11-24(19(23)28)15-8-9-16(32-4)17(26)18(15)27(3)20(24)25(31,22(30)33-5)21(23)34-14(2)29/h7-10,19-21,31H,6,11-13H2,1-5H3/t19-,20-,21+,23-,24+,25+/m0/s1.